The molecule has 0 aromatic rings. The predicted molar refractivity (Wildman–Crippen MR) is 46.7 cm³/mol. The van der Waals surface area contributed by atoms with E-state index in [-0.39, 0.29) is 24.0 Å². The Hall–Kier alpha value is -0.510. The smallest absolute Gasteiger partial charge is 0.224 e. The maximum Gasteiger partial charge on any atom is 0.224 e. The SMILES string of the molecule is CNC(=O)C(CS)CC(C)=O. The fourth-order valence-corrected chi connectivity index (χ4v) is 1.09. The van der Waals surface area contributed by atoms with Crippen molar-refractivity contribution in [3.05, 3.63) is 0 Å². The largest absolute Gasteiger partial charge is 0.359 e. The highest BCUT2D eigenvalue weighted by atomic mass is 32.1. The van der Waals surface area contributed by atoms with Crippen molar-refractivity contribution in [2.75, 3.05) is 12.8 Å². The highest BCUT2D eigenvalue weighted by Crippen LogP contribution is 2.05. The average molecular weight is 175 g/mol. The lowest BCUT2D eigenvalue weighted by molar-refractivity contribution is -0.127. The second-order valence-corrected chi connectivity index (χ2v) is 2.77. The summed E-state index contributed by atoms with van der Waals surface area (Å²) in [5.41, 5.74) is 0. The third-order valence-electron chi connectivity index (χ3n) is 1.37. The summed E-state index contributed by atoms with van der Waals surface area (Å²) in [7, 11) is 1.55. The van der Waals surface area contributed by atoms with Crippen molar-refractivity contribution >= 4 is 24.3 Å². The molecule has 0 bridgehead atoms. The van der Waals surface area contributed by atoms with Crippen molar-refractivity contribution in [1.82, 2.24) is 5.32 Å². The van der Waals surface area contributed by atoms with Crippen LogP contribution in [0.2, 0.25) is 0 Å². The molecule has 0 saturated heterocycles. The van der Waals surface area contributed by atoms with E-state index in [0.29, 0.717) is 5.75 Å². The van der Waals surface area contributed by atoms with Gasteiger partial charge in [0.25, 0.3) is 0 Å². The highest BCUT2D eigenvalue weighted by molar-refractivity contribution is 7.80. The molecular formula is C7H13NO2S. The Morgan fingerprint density at radius 1 is 1.55 bits per heavy atom. The van der Waals surface area contributed by atoms with Crippen LogP contribution in [-0.2, 0) is 9.59 Å². The molecule has 0 heterocycles. The standard InChI is InChI=1S/C7H13NO2S/c1-5(9)3-6(4-11)7(10)8-2/h6,11H,3-4H2,1-2H3,(H,8,10). The molecule has 0 saturated carbocycles. The summed E-state index contributed by atoms with van der Waals surface area (Å²) in [5.74, 6) is 0.0443. The summed E-state index contributed by atoms with van der Waals surface area (Å²) in [6.45, 7) is 1.47. The second-order valence-electron chi connectivity index (χ2n) is 2.40. The molecule has 0 aromatic carbocycles. The van der Waals surface area contributed by atoms with Crippen LogP contribution in [0.3, 0.4) is 0 Å². The van der Waals surface area contributed by atoms with Gasteiger partial charge < -0.3 is 10.1 Å². The van der Waals surface area contributed by atoms with E-state index < -0.39 is 0 Å². The molecule has 0 aliphatic rings. The van der Waals surface area contributed by atoms with Gasteiger partial charge in [0.2, 0.25) is 5.91 Å². The van der Waals surface area contributed by atoms with Gasteiger partial charge in [0, 0.05) is 19.2 Å². The summed E-state index contributed by atoms with van der Waals surface area (Å²) >= 11 is 3.97. The number of nitrogens with one attached hydrogen (secondary N) is 1. The van der Waals surface area contributed by atoms with Gasteiger partial charge in [-0.15, -0.1) is 0 Å². The zero-order chi connectivity index (χ0) is 8.85. The van der Waals surface area contributed by atoms with Crippen LogP contribution in [0.15, 0.2) is 0 Å². The van der Waals surface area contributed by atoms with Gasteiger partial charge >= 0.3 is 0 Å². The minimum atomic E-state index is -0.277. The van der Waals surface area contributed by atoms with Crippen LogP contribution in [0.1, 0.15) is 13.3 Å². The van der Waals surface area contributed by atoms with Crippen molar-refractivity contribution in [1.29, 1.82) is 0 Å². The van der Waals surface area contributed by atoms with E-state index in [1.807, 2.05) is 0 Å². The summed E-state index contributed by atoms with van der Waals surface area (Å²) < 4.78 is 0. The van der Waals surface area contributed by atoms with Crippen LogP contribution < -0.4 is 5.32 Å². The number of carbonyl (C=O) groups excluding carboxylic acids is 2. The summed E-state index contributed by atoms with van der Waals surface area (Å²) in [4.78, 5) is 21.6. The maximum atomic E-state index is 11.0. The molecule has 64 valence electrons. The number of amides is 1. The zero-order valence-electron chi connectivity index (χ0n) is 6.76. The Bertz CT molecular complexity index is 159. The quantitative estimate of drug-likeness (QED) is 0.602. The van der Waals surface area contributed by atoms with E-state index in [1.54, 1.807) is 7.05 Å². The van der Waals surface area contributed by atoms with Crippen molar-refractivity contribution in [2.24, 2.45) is 5.92 Å². The molecule has 3 nitrogen and oxygen atoms in total. The molecule has 11 heavy (non-hydrogen) atoms. The molecule has 1 amide bonds. The number of Topliss-reactive ketones (excluding diaryl/α,β-unsaturated/α-hetero) is 1. The molecule has 0 fully saturated rings. The van der Waals surface area contributed by atoms with E-state index in [1.165, 1.54) is 6.92 Å². The highest BCUT2D eigenvalue weighted by Gasteiger charge is 2.16. The van der Waals surface area contributed by atoms with Crippen LogP contribution in [0, 0.1) is 5.92 Å². The minimum absolute atomic E-state index is 0.0210. The lowest BCUT2D eigenvalue weighted by Crippen LogP contribution is -2.29. The molecule has 0 aliphatic carbocycles. The Morgan fingerprint density at radius 2 is 2.09 bits per heavy atom. The van der Waals surface area contributed by atoms with Crippen molar-refractivity contribution in [3.8, 4) is 0 Å². The molecule has 0 aliphatic heterocycles. The van der Waals surface area contributed by atoms with Crippen LogP contribution >= 0.6 is 12.6 Å². The van der Waals surface area contributed by atoms with Gasteiger partial charge in [-0.1, -0.05) is 0 Å². The average Bonchev–Trinajstić information content (AvgIpc) is 1.98. The third-order valence-corrected chi connectivity index (χ3v) is 1.81. The van der Waals surface area contributed by atoms with Gasteiger partial charge in [-0.3, -0.25) is 4.79 Å². The molecule has 0 radical (unpaired) electrons. The topological polar surface area (TPSA) is 46.2 Å². The minimum Gasteiger partial charge on any atom is -0.359 e. The van der Waals surface area contributed by atoms with Crippen molar-refractivity contribution < 1.29 is 9.59 Å². The van der Waals surface area contributed by atoms with E-state index in [0.717, 1.165) is 0 Å². The first-order chi connectivity index (χ1) is 5.11. The van der Waals surface area contributed by atoms with E-state index in [2.05, 4.69) is 17.9 Å². The summed E-state index contributed by atoms with van der Waals surface area (Å²) in [6, 6.07) is 0. The van der Waals surface area contributed by atoms with Crippen molar-refractivity contribution in [3.63, 3.8) is 0 Å². The van der Waals surface area contributed by atoms with Gasteiger partial charge in [0.05, 0.1) is 5.92 Å². The first-order valence-electron chi connectivity index (χ1n) is 3.43. The molecule has 1 atom stereocenters. The fourth-order valence-electron chi connectivity index (χ4n) is 0.791. The molecular weight excluding hydrogens is 162 g/mol. The lowest BCUT2D eigenvalue weighted by Gasteiger charge is -2.09. The normalized spacial score (nSPS) is 12.3. The summed E-state index contributed by atoms with van der Waals surface area (Å²) in [6.07, 6.45) is 0.281. The fraction of sp³-hybridized carbons (Fsp3) is 0.714. The third kappa shape index (κ3) is 4.03. The molecule has 0 rings (SSSR count). The zero-order valence-corrected chi connectivity index (χ0v) is 7.65. The number of thiol groups is 1. The maximum absolute atomic E-state index is 11.0. The van der Waals surface area contributed by atoms with E-state index in [9.17, 15) is 9.59 Å². The number of rotatable bonds is 4. The Labute approximate surface area is 72.0 Å². The molecule has 0 aromatic heterocycles. The van der Waals surface area contributed by atoms with Gasteiger partial charge in [0.15, 0.2) is 0 Å². The van der Waals surface area contributed by atoms with Crippen LogP contribution in [-0.4, -0.2) is 24.5 Å². The van der Waals surface area contributed by atoms with E-state index >= 15 is 0 Å². The second kappa shape index (κ2) is 5.18. The molecule has 4 heteroatoms. The lowest BCUT2D eigenvalue weighted by atomic mass is 10.0. The number of hydrogen-bond acceptors (Lipinski definition) is 3. The van der Waals surface area contributed by atoms with Crippen LogP contribution in [0.4, 0.5) is 0 Å². The molecule has 1 unspecified atom stereocenters. The molecule has 0 spiro atoms. The van der Waals surface area contributed by atoms with E-state index in [4.69, 9.17) is 0 Å². The van der Waals surface area contributed by atoms with Gasteiger partial charge in [0.1, 0.15) is 5.78 Å². The Morgan fingerprint density at radius 3 is 2.36 bits per heavy atom. The number of hydrogen-bond donors (Lipinski definition) is 2. The number of ketones is 1. The number of carbonyl (C=O) groups is 2. The first kappa shape index (κ1) is 10.5. The van der Waals surface area contributed by atoms with Crippen molar-refractivity contribution in [2.45, 2.75) is 13.3 Å². The Balaban J connectivity index is 3.94. The monoisotopic (exact) mass is 175 g/mol. The predicted octanol–water partition coefficient (Wildman–Crippen LogP) is 0.257. The van der Waals surface area contributed by atoms with Gasteiger partial charge in [-0.2, -0.15) is 12.6 Å². The first-order valence-corrected chi connectivity index (χ1v) is 4.07. The van der Waals surface area contributed by atoms with Crippen LogP contribution in [0.5, 0.6) is 0 Å². The van der Waals surface area contributed by atoms with Gasteiger partial charge in [-0.25, -0.2) is 0 Å². The van der Waals surface area contributed by atoms with Gasteiger partial charge in [-0.05, 0) is 6.92 Å². The Kier molecular flexibility index (Phi) is 4.94. The summed E-state index contributed by atoms with van der Waals surface area (Å²) in [5, 5.41) is 2.48. The molecule has 1 N–H and O–H groups in total. The van der Waals surface area contributed by atoms with Crippen LogP contribution in [0.25, 0.3) is 0 Å².